The van der Waals surface area contributed by atoms with E-state index in [1.807, 2.05) is 221 Å². The van der Waals surface area contributed by atoms with Crippen LogP contribution in [0.2, 0.25) is 0 Å². The molecule has 4 heteroatoms. The van der Waals surface area contributed by atoms with Crippen molar-refractivity contribution >= 4 is 110 Å². The Morgan fingerprint density at radius 2 is 0.641 bits per heavy atom. The van der Waals surface area contributed by atoms with Gasteiger partial charge in [-0.2, -0.15) is 0 Å². The minimum atomic E-state index is -0.824. The van der Waals surface area contributed by atoms with E-state index in [1.165, 1.54) is 0 Å². The molecule has 0 unspecified atom stereocenters. The second-order valence-corrected chi connectivity index (χ2v) is 22.4. The van der Waals surface area contributed by atoms with Crippen LogP contribution in [0.25, 0.3) is 98.4 Å². The summed E-state index contributed by atoms with van der Waals surface area (Å²) in [5.74, 6) is 0. The largest absolute Gasteiger partial charge is 0.310 e. The summed E-state index contributed by atoms with van der Waals surface area (Å²) in [6.07, 6.45) is 0. The van der Waals surface area contributed by atoms with Crippen LogP contribution in [-0.2, 0) is 10.8 Å². The van der Waals surface area contributed by atoms with Gasteiger partial charge in [-0.05, 0) is 141 Å². The minimum Gasteiger partial charge on any atom is -0.310 e. The number of fused-ring (bicyclic) bond motifs is 12. The van der Waals surface area contributed by atoms with Crippen molar-refractivity contribution in [1.29, 1.82) is 0 Å². The standard InChI is InChI=1S/C74H58N4/c1-73(2,3)51-31-39-63-61(43-51)69-65(75(53-23-15-9-16-24-53)55-33-27-49(28-34-55)47-19-11-7-12-20-47)41-37-57-59-46-68-60(45-67(59)77(63)71(57)69)58-38-42-66(70-62-44-52(74(4,5)6)32-40-64(62)78(68)72(58)70)76(54-25-17-10-18-26-54)56-35-29-50(30-36-56)48-21-13-8-14-22-48/h7-46H,1-6H3/i31D,32D,37D,38D,39D,40D,41D,42D,43D,44D,45D,46D. The maximum Gasteiger partial charge on any atom is 0.0653 e. The van der Waals surface area contributed by atoms with E-state index in [9.17, 15) is 16.4 Å². The van der Waals surface area contributed by atoms with E-state index in [0.717, 1.165) is 22.3 Å². The zero-order valence-corrected chi connectivity index (χ0v) is 44.0. The molecule has 11 aromatic carbocycles. The Labute approximate surface area is 471 Å². The molecule has 15 rings (SSSR count). The minimum absolute atomic E-state index is 0.0409. The third-order valence-electron chi connectivity index (χ3n) is 15.4. The summed E-state index contributed by atoms with van der Waals surface area (Å²) < 4.78 is 127. The number of nitrogens with zero attached hydrogens (tertiary/aromatic N) is 4. The van der Waals surface area contributed by atoms with Gasteiger partial charge in [0.15, 0.2) is 0 Å². The molecule has 0 amide bonds. The van der Waals surface area contributed by atoms with Crippen molar-refractivity contribution in [2.24, 2.45) is 0 Å². The van der Waals surface area contributed by atoms with Crippen molar-refractivity contribution in [2.45, 2.75) is 52.4 Å². The SMILES string of the molecule is [2H]c1c([2H])c2c3c([2H])c4c(c([2H])c3n3c5c([2H])c([2H])c(C(C)(C)C)c([2H])c5c(c1N(c1ccccc1)c1ccc(-c5ccccc5)cc1)c23)c1c([2H])c([2H])c(N(c2ccccc2)c2ccc(-c3ccccc3)cc2)c2c3c([2H])c(C(C)(C)C)c([2H])c([2H])c3n4c12. The fraction of sp³-hybridized carbons (Fsp3) is 0.108. The second-order valence-electron chi connectivity index (χ2n) is 22.4. The van der Waals surface area contributed by atoms with E-state index >= 15 is 0 Å². The fourth-order valence-electron chi connectivity index (χ4n) is 11.5. The monoisotopic (exact) mass is 1010 g/mol. The summed E-state index contributed by atoms with van der Waals surface area (Å²) in [5.41, 5.74) is 6.51. The first-order valence-electron chi connectivity index (χ1n) is 32.5. The first kappa shape index (κ1) is 35.0. The van der Waals surface area contributed by atoms with Crippen molar-refractivity contribution in [3.8, 4) is 22.3 Å². The van der Waals surface area contributed by atoms with Crippen LogP contribution in [0, 0.1) is 0 Å². The molecule has 4 nitrogen and oxygen atoms in total. The number of hydrogen-bond acceptors (Lipinski definition) is 2. The van der Waals surface area contributed by atoms with E-state index in [-0.39, 0.29) is 149 Å². The van der Waals surface area contributed by atoms with Crippen LogP contribution in [0.3, 0.4) is 0 Å². The average molecular weight is 1020 g/mol. The number of anilines is 6. The van der Waals surface area contributed by atoms with Gasteiger partial charge < -0.3 is 18.6 Å². The Morgan fingerprint density at radius 1 is 0.308 bits per heavy atom. The van der Waals surface area contributed by atoms with Crippen molar-refractivity contribution in [2.75, 3.05) is 9.80 Å². The van der Waals surface area contributed by atoms with Crippen molar-refractivity contribution < 1.29 is 16.4 Å². The number of rotatable bonds is 8. The van der Waals surface area contributed by atoms with Crippen LogP contribution in [-0.4, -0.2) is 8.80 Å². The lowest BCUT2D eigenvalue weighted by molar-refractivity contribution is 0.591. The highest BCUT2D eigenvalue weighted by molar-refractivity contribution is 6.32. The molecular weight excluding hydrogens is 945 g/mol. The Balaban J connectivity index is 1.14. The molecule has 0 saturated carbocycles. The normalized spacial score (nSPS) is 14.6. The van der Waals surface area contributed by atoms with E-state index < -0.39 is 10.8 Å². The highest BCUT2D eigenvalue weighted by atomic mass is 15.2. The van der Waals surface area contributed by atoms with Gasteiger partial charge >= 0.3 is 0 Å². The molecule has 0 aliphatic rings. The van der Waals surface area contributed by atoms with E-state index in [1.54, 1.807) is 8.80 Å². The van der Waals surface area contributed by atoms with Crippen LogP contribution < -0.4 is 9.80 Å². The van der Waals surface area contributed by atoms with Gasteiger partial charge in [-0.15, -0.1) is 0 Å². The van der Waals surface area contributed by atoms with E-state index in [4.69, 9.17) is 0 Å². The summed E-state index contributed by atoms with van der Waals surface area (Å²) in [4.78, 5) is 3.76. The molecule has 78 heavy (non-hydrogen) atoms. The third kappa shape index (κ3) is 6.99. The zero-order chi connectivity index (χ0) is 63.0. The first-order chi connectivity index (χ1) is 43.0. The highest BCUT2D eigenvalue weighted by Crippen LogP contribution is 2.52. The predicted molar refractivity (Wildman–Crippen MR) is 333 cm³/mol. The lowest BCUT2D eigenvalue weighted by Crippen LogP contribution is -2.11. The van der Waals surface area contributed by atoms with Crippen LogP contribution in [0.15, 0.2) is 242 Å². The summed E-state index contributed by atoms with van der Waals surface area (Å²) >= 11 is 0. The average Bonchev–Trinajstić information content (AvgIpc) is 1.49. The number of benzene rings is 11. The van der Waals surface area contributed by atoms with Crippen LogP contribution in [0.1, 0.15) is 69.1 Å². The van der Waals surface area contributed by atoms with Gasteiger partial charge in [-0.3, -0.25) is 0 Å². The van der Waals surface area contributed by atoms with Crippen LogP contribution >= 0.6 is 0 Å². The van der Waals surface area contributed by atoms with E-state index in [0.29, 0.717) is 44.6 Å². The van der Waals surface area contributed by atoms with E-state index in [2.05, 4.69) is 0 Å². The van der Waals surface area contributed by atoms with Gasteiger partial charge in [0, 0.05) is 65.8 Å². The van der Waals surface area contributed by atoms with Gasteiger partial charge in [-0.25, -0.2) is 0 Å². The maximum absolute atomic E-state index is 10.8. The molecule has 0 bridgehead atoms. The predicted octanol–water partition coefficient (Wildman–Crippen LogP) is 20.9. The van der Waals surface area contributed by atoms with Gasteiger partial charge in [0.1, 0.15) is 0 Å². The molecule has 0 spiro atoms. The van der Waals surface area contributed by atoms with Gasteiger partial charge in [-0.1, -0.05) is 187 Å². The summed E-state index contributed by atoms with van der Waals surface area (Å²) in [5, 5.41) is 1.38. The Bertz CT molecular complexity index is 5140. The molecule has 4 heterocycles. The number of hydrogen-bond donors (Lipinski definition) is 0. The van der Waals surface area contributed by atoms with Gasteiger partial charge in [0.25, 0.3) is 0 Å². The Hall–Kier alpha value is -9.38. The first-order valence-corrected chi connectivity index (χ1v) is 26.5. The fourth-order valence-corrected chi connectivity index (χ4v) is 11.5. The Kier molecular flexibility index (Phi) is 7.67. The summed E-state index contributed by atoms with van der Waals surface area (Å²) in [6.45, 7) is 11.3. The molecule has 374 valence electrons. The summed E-state index contributed by atoms with van der Waals surface area (Å²) in [6, 6.07) is 51.8. The lowest BCUT2D eigenvalue weighted by Gasteiger charge is -2.27. The molecule has 0 atom stereocenters. The smallest absolute Gasteiger partial charge is 0.0653 e. The Morgan fingerprint density at radius 3 is 1.00 bits per heavy atom. The van der Waals surface area contributed by atoms with Crippen molar-refractivity contribution in [1.82, 2.24) is 8.80 Å². The number of aromatic nitrogens is 2. The molecule has 0 saturated heterocycles. The highest BCUT2D eigenvalue weighted by Gasteiger charge is 2.30. The molecule has 0 aliphatic carbocycles. The number of para-hydroxylation sites is 2. The van der Waals surface area contributed by atoms with Gasteiger partial charge in [0.05, 0.1) is 60.9 Å². The van der Waals surface area contributed by atoms with Crippen molar-refractivity contribution in [3.05, 3.63) is 253 Å². The maximum atomic E-state index is 10.8. The lowest BCUT2D eigenvalue weighted by atomic mass is 9.86. The van der Waals surface area contributed by atoms with Crippen LogP contribution in [0.4, 0.5) is 34.1 Å². The van der Waals surface area contributed by atoms with Crippen molar-refractivity contribution in [3.63, 3.8) is 0 Å². The third-order valence-corrected chi connectivity index (χ3v) is 15.4. The van der Waals surface area contributed by atoms with Crippen LogP contribution in [0.5, 0.6) is 0 Å². The molecule has 4 aromatic heterocycles. The molecule has 15 aromatic rings. The zero-order valence-electron chi connectivity index (χ0n) is 56.0. The molecular formula is C74H58N4. The molecule has 0 radical (unpaired) electrons. The summed E-state index contributed by atoms with van der Waals surface area (Å²) in [7, 11) is 0. The molecule has 0 N–H and O–H groups in total. The quantitative estimate of drug-likeness (QED) is 0.151. The second kappa shape index (κ2) is 17.1. The molecule has 0 aliphatic heterocycles. The topological polar surface area (TPSA) is 15.3 Å². The molecule has 0 fully saturated rings. The van der Waals surface area contributed by atoms with Gasteiger partial charge in [0.2, 0.25) is 0 Å².